The quantitative estimate of drug-likeness (QED) is 0.693. The molecular weight excluding hydrogens is 447 g/mol. The first-order valence-corrected chi connectivity index (χ1v) is 10.4. The van der Waals surface area contributed by atoms with Crippen molar-refractivity contribution in [3.63, 3.8) is 0 Å². The van der Waals surface area contributed by atoms with Gasteiger partial charge in [-0.15, -0.1) is 0 Å². The number of pyridine rings is 1. The molecule has 0 bridgehead atoms. The molecule has 3 amide bonds. The highest BCUT2D eigenvalue weighted by atomic mass is 19.4. The van der Waals surface area contributed by atoms with Crippen molar-refractivity contribution in [1.29, 1.82) is 0 Å². The molecule has 3 aliphatic heterocycles. The lowest BCUT2D eigenvalue weighted by Gasteiger charge is -2.25. The summed E-state index contributed by atoms with van der Waals surface area (Å²) in [4.78, 5) is 47.2. The zero-order chi connectivity index (χ0) is 24.1. The van der Waals surface area contributed by atoms with Crippen LogP contribution in [0, 0.1) is 0 Å². The molecule has 10 nitrogen and oxygen atoms in total. The second-order valence-corrected chi connectivity index (χ2v) is 7.98. The summed E-state index contributed by atoms with van der Waals surface area (Å²) in [5.41, 5.74) is 0.777. The van der Waals surface area contributed by atoms with Crippen molar-refractivity contribution in [2.45, 2.75) is 44.0 Å². The molecule has 2 fully saturated rings. The lowest BCUT2D eigenvalue weighted by Crippen LogP contribution is -2.43. The molecule has 33 heavy (non-hydrogen) atoms. The van der Waals surface area contributed by atoms with Gasteiger partial charge in [-0.2, -0.15) is 13.2 Å². The largest absolute Gasteiger partial charge is 0.490 e. The predicted molar refractivity (Wildman–Crippen MR) is 108 cm³/mol. The SMILES string of the molecule is O=C(NCc1cccnc1)C1=NOC2(CCN(C(=O)N3CCCC3)C2)C1.O=C(O)C(F)(F)F. The Labute approximate surface area is 187 Å². The molecule has 0 radical (unpaired) electrons. The molecular formula is C20H24F3N5O5. The highest BCUT2D eigenvalue weighted by molar-refractivity contribution is 6.39. The number of halogens is 3. The Balaban J connectivity index is 0.000000383. The van der Waals surface area contributed by atoms with E-state index >= 15 is 0 Å². The second kappa shape index (κ2) is 10.0. The van der Waals surface area contributed by atoms with Crippen molar-refractivity contribution in [1.82, 2.24) is 20.1 Å². The summed E-state index contributed by atoms with van der Waals surface area (Å²) in [5, 5.41) is 14.0. The van der Waals surface area contributed by atoms with E-state index < -0.39 is 17.7 Å². The molecule has 1 aromatic rings. The van der Waals surface area contributed by atoms with Crippen LogP contribution in [0.15, 0.2) is 29.7 Å². The third-order valence-electron chi connectivity index (χ3n) is 5.48. The summed E-state index contributed by atoms with van der Waals surface area (Å²) in [6, 6.07) is 3.81. The molecule has 1 spiro atoms. The van der Waals surface area contributed by atoms with Gasteiger partial charge < -0.3 is 25.1 Å². The summed E-state index contributed by atoms with van der Waals surface area (Å²) >= 11 is 0. The molecule has 0 saturated carbocycles. The molecule has 0 aromatic carbocycles. The number of carbonyl (C=O) groups excluding carboxylic acids is 2. The normalized spacial score (nSPS) is 21.8. The number of aromatic nitrogens is 1. The standard InChI is InChI=1S/C18H23N5O3.C2HF3O2/c24-16(20-12-14-4-3-6-19-11-14)15-10-18(26-21-15)5-9-23(13-18)17(25)22-7-1-2-8-22;3-2(4,5)1(6)7/h3-4,6,11H,1-2,5,7-10,12-13H2,(H,20,24);(H,6,7). The smallest absolute Gasteiger partial charge is 0.475 e. The van der Waals surface area contributed by atoms with Crippen LogP contribution in [0.4, 0.5) is 18.0 Å². The zero-order valence-electron chi connectivity index (χ0n) is 17.7. The summed E-state index contributed by atoms with van der Waals surface area (Å²) in [6.07, 6.45) is 1.62. The van der Waals surface area contributed by atoms with Crippen LogP contribution in [0.5, 0.6) is 0 Å². The fourth-order valence-electron chi connectivity index (χ4n) is 3.77. The van der Waals surface area contributed by atoms with Crippen LogP contribution in [0.1, 0.15) is 31.2 Å². The van der Waals surface area contributed by atoms with E-state index in [-0.39, 0.29) is 11.9 Å². The number of carboxylic acids is 1. The molecule has 2 saturated heterocycles. The Morgan fingerprint density at radius 2 is 1.88 bits per heavy atom. The Morgan fingerprint density at radius 1 is 1.18 bits per heavy atom. The number of hydrogen-bond donors (Lipinski definition) is 2. The van der Waals surface area contributed by atoms with Gasteiger partial charge in [0.05, 0.1) is 6.54 Å². The van der Waals surface area contributed by atoms with Crippen molar-refractivity contribution in [3.05, 3.63) is 30.1 Å². The van der Waals surface area contributed by atoms with Crippen LogP contribution in [0.3, 0.4) is 0 Å². The molecule has 0 aliphatic carbocycles. The van der Waals surface area contributed by atoms with Gasteiger partial charge in [0.1, 0.15) is 5.71 Å². The zero-order valence-corrected chi connectivity index (χ0v) is 17.7. The number of amides is 3. The van der Waals surface area contributed by atoms with Gasteiger partial charge >= 0.3 is 18.2 Å². The van der Waals surface area contributed by atoms with E-state index in [0.717, 1.165) is 31.5 Å². The molecule has 2 N–H and O–H groups in total. The summed E-state index contributed by atoms with van der Waals surface area (Å²) in [5.74, 6) is -2.98. The van der Waals surface area contributed by atoms with Crippen LogP contribution in [0.2, 0.25) is 0 Å². The molecule has 180 valence electrons. The number of alkyl halides is 3. The first-order valence-electron chi connectivity index (χ1n) is 10.4. The monoisotopic (exact) mass is 471 g/mol. The van der Waals surface area contributed by atoms with Gasteiger partial charge in [-0.1, -0.05) is 11.2 Å². The number of aliphatic carboxylic acids is 1. The fraction of sp³-hybridized carbons (Fsp3) is 0.550. The van der Waals surface area contributed by atoms with Gasteiger partial charge in [0.2, 0.25) is 0 Å². The summed E-state index contributed by atoms with van der Waals surface area (Å²) < 4.78 is 31.7. The van der Waals surface area contributed by atoms with Crippen molar-refractivity contribution in [2.75, 3.05) is 26.2 Å². The number of likely N-dealkylation sites (tertiary alicyclic amines) is 2. The highest BCUT2D eigenvalue weighted by Crippen LogP contribution is 2.34. The fourth-order valence-corrected chi connectivity index (χ4v) is 3.77. The Kier molecular flexibility index (Phi) is 7.39. The minimum atomic E-state index is -5.08. The molecule has 1 unspecified atom stereocenters. The van der Waals surface area contributed by atoms with Gasteiger partial charge in [-0.05, 0) is 24.5 Å². The number of rotatable bonds is 3. The molecule has 4 rings (SSSR count). The molecule has 1 aromatic heterocycles. The molecule has 13 heteroatoms. The lowest BCUT2D eigenvalue weighted by molar-refractivity contribution is -0.192. The number of oxime groups is 1. The maximum Gasteiger partial charge on any atom is 0.490 e. The third-order valence-corrected chi connectivity index (χ3v) is 5.48. The van der Waals surface area contributed by atoms with Gasteiger partial charge in [-0.3, -0.25) is 9.78 Å². The minimum Gasteiger partial charge on any atom is -0.475 e. The first-order chi connectivity index (χ1) is 15.6. The van der Waals surface area contributed by atoms with Crippen molar-refractivity contribution in [2.24, 2.45) is 5.16 Å². The van der Waals surface area contributed by atoms with Crippen LogP contribution in [-0.2, 0) is 21.0 Å². The van der Waals surface area contributed by atoms with E-state index in [4.69, 9.17) is 14.7 Å². The third kappa shape index (κ3) is 6.33. The van der Waals surface area contributed by atoms with E-state index in [1.54, 1.807) is 12.4 Å². The average molecular weight is 471 g/mol. The van der Waals surface area contributed by atoms with E-state index in [9.17, 15) is 22.8 Å². The van der Waals surface area contributed by atoms with Crippen molar-refractivity contribution < 1.29 is 37.5 Å². The first kappa shape index (κ1) is 24.3. The maximum absolute atomic E-state index is 12.5. The van der Waals surface area contributed by atoms with Crippen LogP contribution >= 0.6 is 0 Å². The summed E-state index contributed by atoms with van der Waals surface area (Å²) in [6.45, 7) is 3.21. The van der Waals surface area contributed by atoms with E-state index in [0.29, 0.717) is 38.2 Å². The topological polar surface area (TPSA) is 124 Å². The van der Waals surface area contributed by atoms with Gasteiger partial charge in [0.25, 0.3) is 5.91 Å². The number of carboxylic acid groups (broad SMARTS) is 1. The van der Waals surface area contributed by atoms with Gasteiger partial charge in [-0.25, -0.2) is 9.59 Å². The van der Waals surface area contributed by atoms with Gasteiger partial charge in [0.15, 0.2) is 5.60 Å². The van der Waals surface area contributed by atoms with Crippen LogP contribution in [-0.4, -0.2) is 81.5 Å². The van der Waals surface area contributed by atoms with E-state index in [2.05, 4.69) is 15.5 Å². The molecule has 1 atom stereocenters. The molecule has 3 aliphatic rings. The lowest BCUT2D eigenvalue weighted by atomic mass is 9.96. The summed E-state index contributed by atoms with van der Waals surface area (Å²) in [7, 11) is 0. The Bertz CT molecular complexity index is 905. The average Bonchev–Trinajstić information content (AvgIpc) is 3.54. The van der Waals surface area contributed by atoms with Crippen LogP contribution in [0.25, 0.3) is 0 Å². The van der Waals surface area contributed by atoms with Crippen LogP contribution < -0.4 is 5.32 Å². The van der Waals surface area contributed by atoms with E-state index in [1.165, 1.54) is 0 Å². The van der Waals surface area contributed by atoms with Crippen molar-refractivity contribution in [3.8, 4) is 0 Å². The highest BCUT2D eigenvalue weighted by Gasteiger charge is 2.48. The predicted octanol–water partition coefficient (Wildman–Crippen LogP) is 1.77. The van der Waals surface area contributed by atoms with Gasteiger partial charge in [0, 0.05) is 51.4 Å². The minimum absolute atomic E-state index is 0.0810. The van der Waals surface area contributed by atoms with Crippen molar-refractivity contribution >= 4 is 23.6 Å². The van der Waals surface area contributed by atoms with E-state index in [1.807, 2.05) is 21.9 Å². The number of carbonyl (C=O) groups is 3. The number of urea groups is 1. The number of nitrogens with one attached hydrogen (secondary N) is 1. The number of nitrogens with zero attached hydrogens (tertiary/aromatic N) is 4. The Morgan fingerprint density at radius 3 is 2.48 bits per heavy atom. The number of hydrogen-bond acceptors (Lipinski definition) is 6. The molecule has 4 heterocycles. The Hall–Kier alpha value is -3.38. The second-order valence-electron chi connectivity index (χ2n) is 7.98. The maximum atomic E-state index is 12.5.